The van der Waals surface area contributed by atoms with Crippen LogP contribution in [0.15, 0.2) is 60.7 Å². The normalized spacial score (nSPS) is 16.2. The summed E-state index contributed by atoms with van der Waals surface area (Å²) in [6.45, 7) is 11.3. The van der Waals surface area contributed by atoms with Crippen LogP contribution in [0.1, 0.15) is 36.2 Å². The Morgan fingerprint density at radius 1 is 1.15 bits per heavy atom. The molecule has 0 atom stereocenters. The molecule has 41 heavy (non-hydrogen) atoms. The number of carbonyl (C=O) groups excluding carboxylic acids is 1. The smallest absolute Gasteiger partial charge is 0.257 e. The summed E-state index contributed by atoms with van der Waals surface area (Å²) in [7, 11) is 1.67. The van der Waals surface area contributed by atoms with Crippen molar-refractivity contribution in [2.75, 3.05) is 59.5 Å². The number of phenolic OH excluding ortho intramolecular Hbond substituents is 1. The van der Waals surface area contributed by atoms with Gasteiger partial charge < -0.3 is 24.6 Å². The van der Waals surface area contributed by atoms with Gasteiger partial charge >= 0.3 is 0 Å². The first-order valence-electron chi connectivity index (χ1n) is 14.3. The van der Waals surface area contributed by atoms with Gasteiger partial charge in [-0.2, -0.15) is 0 Å². The first-order chi connectivity index (χ1) is 19.9. The number of nitrogens with zero attached hydrogens (tertiary/aromatic N) is 4. The molecule has 3 aromatic rings. The van der Waals surface area contributed by atoms with Crippen molar-refractivity contribution in [3.8, 4) is 16.9 Å². The standard InChI is InChI=1S/C32H38ClN5O3/c1-4-36(5-2)11-12-37-13-15-38(16-14-37)32(40)26-17-22(19-28(33)30(26)39)23-18-25-27(21-35-31(25)34-20-23)24-9-7-6-8-10-29(24)41-3/h6-7,9-10,17-21,39H,4-5,8,11-16H2,1-3H3,(H,34,35). The summed E-state index contributed by atoms with van der Waals surface area (Å²) in [6.07, 6.45) is 12.7. The van der Waals surface area contributed by atoms with Gasteiger partial charge in [0.25, 0.3) is 5.91 Å². The molecule has 216 valence electrons. The number of aromatic nitrogens is 2. The molecule has 2 aromatic heterocycles. The maximum atomic E-state index is 13.6. The summed E-state index contributed by atoms with van der Waals surface area (Å²) in [4.78, 5) is 28.1. The minimum absolute atomic E-state index is 0.138. The first kappa shape index (κ1) is 28.9. The van der Waals surface area contributed by atoms with Crippen molar-refractivity contribution in [3.63, 3.8) is 0 Å². The largest absolute Gasteiger partial charge is 0.506 e. The first-order valence-corrected chi connectivity index (χ1v) is 14.7. The number of piperazine rings is 1. The number of ether oxygens (including phenoxy) is 1. The van der Waals surface area contributed by atoms with E-state index in [1.54, 1.807) is 30.3 Å². The molecule has 0 saturated carbocycles. The predicted octanol–water partition coefficient (Wildman–Crippen LogP) is 5.56. The molecular weight excluding hydrogens is 538 g/mol. The molecule has 8 nitrogen and oxygen atoms in total. The Hall–Kier alpha value is -3.59. The fourth-order valence-electron chi connectivity index (χ4n) is 5.51. The Kier molecular flexibility index (Phi) is 9.12. The summed E-state index contributed by atoms with van der Waals surface area (Å²) in [5.74, 6) is 0.400. The number of carbonyl (C=O) groups is 1. The van der Waals surface area contributed by atoms with Crippen molar-refractivity contribution in [2.24, 2.45) is 0 Å². The number of benzene rings is 1. The number of pyridine rings is 1. The summed E-state index contributed by atoms with van der Waals surface area (Å²) in [6, 6.07) is 5.43. The lowest BCUT2D eigenvalue weighted by atomic mass is 9.99. The van der Waals surface area contributed by atoms with Crippen LogP contribution in [0.5, 0.6) is 5.75 Å². The van der Waals surface area contributed by atoms with E-state index < -0.39 is 0 Å². The van der Waals surface area contributed by atoms with Crippen LogP contribution in [0.4, 0.5) is 0 Å². The van der Waals surface area contributed by atoms with E-state index in [-0.39, 0.29) is 22.2 Å². The topological polar surface area (TPSA) is 84.9 Å². The summed E-state index contributed by atoms with van der Waals surface area (Å²) in [5, 5.41) is 11.9. The predicted molar refractivity (Wildman–Crippen MR) is 165 cm³/mol. The third-order valence-electron chi connectivity index (χ3n) is 8.06. The third-order valence-corrected chi connectivity index (χ3v) is 8.35. The Morgan fingerprint density at radius 2 is 1.93 bits per heavy atom. The Morgan fingerprint density at radius 3 is 2.66 bits per heavy atom. The molecule has 0 unspecified atom stereocenters. The van der Waals surface area contributed by atoms with E-state index in [0.29, 0.717) is 18.7 Å². The number of halogens is 1. The molecule has 9 heteroatoms. The van der Waals surface area contributed by atoms with E-state index in [4.69, 9.17) is 16.3 Å². The number of likely N-dealkylation sites (N-methyl/N-ethyl adjacent to an activating group) is 1. The van der Waals surface area contributed by atoms with Gasteiger partial charge in [0.05, 0.1) is 17.7 Å². The zero-order chi connectivity index (χ0) is 28.9. The van der Waals surface area contributed by atoms with Gasteiger partial charge in [0.1, 0.15) is 17.2 Å². The molecule has 5 rings (SSSR count). The molecule has 3 heterocycles. The van der Waals surface area contributed by atoms with Gasteiger partial charge in [-0.1, -0.05) is 43.7 Å². The van der Waals surface area contributed by atoms with E-state index in [1.165, 1.54) is 0 Å². The molecule has 1 amide bonds. The molecule has 1 saturated heterocycles. The number of H-pyrrole nitrogens is 1. The van der Waals surface area contributed by atoms with Crippen molar-refractivity contribution in [2.45, 2.75) is 20.3 Å². The van der Waals surface area contributed by atoms with E-state index in [9.17, 15) is 9.90 Å². The zero-order valence-corrected chi connectivity index (χ0v) is 24.7. The number of rotatable bonds is 9. The summed E-state index contributed by atoms with van der Waals surface area (Å²) in [5.41, 5.74) is 4.39. The van der Waals surface area contributed by atoms with Crippen molar-refractivity contribution >= 4 is 34.1 Å². The average Bonchev–Trinajstić information content (AvgIpc) is 3.27. The Bertz CT molecular complexity index is 1500. The van der Waals surface area contributed by atoms with Crippen LogP contribution in [-0.4, -0.2) is 95.1 Å². The number of nitrogens with one attached hydrogen (secondary N) is 1. The fraction of sp³-hybridized carbons (Fsp3) is 0.375. The highest BCUT2D eigenvalue weighted by molar-refractivity contribution is 6.33. The lowest BCUT2D eigenvalue weighted by molar-refractivity contribution is 0.0622. The number of aromatic amines is 1. The number of fused-ring (bicyclic) bond motifs is 1. The molecule has 0 radical (unpaired) electrons. The minimum Gasteiger partial charge on any atom is -0.506 e. The van der Waals surface area contributed by atoms with Crippen LogP contribution in [0.3, 0.4) is 0 Å². The molecule has 1 aliphatic carbocycles. The van der Waals surface area contributed by atoms with Crippen LogP contribution < -0.4 is 0 Å². The second kappa shape index (κ2) is 12.9. The number of aromatic hydroxyl groups is 1. The van der Waals surface area contributed by atoms with Gasteiger partial charge in [-0.3, -0.25) is 9.69 Å². The van der Waals surface area contributed by atoms with Crippen LogP contribution in [0.2, 0.25) is 5.02 Å². The average molecular weight is 576 g/mol. The molecule has 1 aromatic carbocycles. The van der Waals surface area contributed by atoms with Crippen LogP contribution >= 0.6 is 11.6 Å². The second-order valence-corrected chi connectivity index (χ2v) is 10.8. The van der Waals surface area contributed by atoms with Gasteiger partial charge in [-0.05, 0) is 49.3 Å². The number of phenols is 1. The number of hydrogen-bond acceptors (Lipinski definition) is 6. The van der Waals surface area contributed by atoms with Gasteiger partial charge in [0.2, 0.25) is 0 Å². The van der Waals surface area contributed by atoms with Gasteiger partial charge in [-0.25, -0.2) is 4.98 Å². The lowest BCUT2D eigenvalue weighted by Gasteiger charge is -2.35. The quantitative estimate of drug-likeness (QED) is 0.347. The van der Waals surface area contributed by atoms with Crippen molar-refractivity contribution < 1.29 is 14.6 Å². The zero-order valence-electron chi connectivity index (χ0n) is 24.0. The number of allylic oxidation sites excluding steroid dienone is 5. The van der Waals surface area contributed by atoms with Crippen molar-refractivity contribution in [3.05, 3.63) is 76.8 Å². The SMILES string of the molecule is CCN(CC)CCN1CCN(C(=O)c2cc(-c3cnc4[nH]cc(C5=CC=CCC=C5OC)c4c3)cc(Cl)c2O)CC1. The van der Waals surface area contributed by atoms with Gasteiger partial charge in [0, 0.05) is 73.7 Å². The fourth-order valence-corrected chi connectivity index (χ4v) is 5.73. The third kappa shape index (κ3) is 6.20. The molecular formula is C32H38ClN5O3. The van der Waals surface area contributed by atoms with E-state index in [1.807, 2.05) is 30.5 Å². The van der Waals surface area contributed by atoms with Crippen LogP contribution in [-0.2, 0) is 4.74 Å². The Labute approximate surface area is 246 Å². The Balaban J connectivity index is 1.39. The molecule has 1 fully saturated rings. The number of amides is 1. The maximum Gasteiger partial charge on any atom is 0.257 e. The van der Waals surface area contributed by atoms with Crippen molar-refractivity contribution in [1.29, 1.82) is 0 Å². The highest BCUT2D eigenvalue weighted by Crippen LogP contribution is 2.37. The highest BCUT2D eigenvalue weighted by atomic mass is 35.5. The van der Waals surface area contributed by atoms with Crippen LogP contribution in [0.25, 0.3) is 27.7 Å². The van der Waals surface area contributed by atoms with E-state index in [0.717, 1.165) is 79.2 Å². The molecule has 2 aliphatic rings. The highest BCUT2D eigenvalue weighted by Gasteiger charge is 2.26. The monoisotopic (exact) mass is 575 g/mol. The van der Waals surface area contributed by atoms with E-state index in [2.05, 4.69) is 39.7 Å². The second-order valence-electron chi connectivity index (χ2n) is 10.4. The minimum atomic E-state index is -0.212. The van der Waals surface area contributed by atoms with Crippen LogP contribution in [0, 0.1) is 0 Å². The molecule has 0 bridgehead atoms. The summed E-state index contributed by atoms with van der Waals surface area (Å²) < 4.78 is 5.67. The molecule has 2 N–H and O–H groups in total. The van der Waals surface area contributed by atoms with Gasteiger partial charge in [0.15, 0.2) is 0 Å². The van der Waals surface area contributed by atoms with E-state index >= 15 is 0 Å². The number of methoxy groups -OCH3 is 1. The molecule has 0 spiro atoms. The van der Waals surface area contributed by atoms with Crippen molar-refractivity contribution in [1.82, 2.24) is 24.7 Å². The van der Waals surface area contributed by atoms with Gasteiger partial charge in [-0.15, -0.1) is 0 Å². The lowest BCUT2D eigenvalue weighted by Crippen LogP contribution is -2.50. The maximum absolute atomic E-state index is 13.6. The number of hydrogen-bond donors (Lipinski definition) is 2. The summed E-state index contributed by atoms with van der Waals surface area (Å²) >= 11 is 6.48. The molecule has 1 aliphatic heterocycles.